The lowest BCUT2D eigenvalue weighted by atomic mass is 9.97. The van der Waals surface area contributed by atoms with Gasteiger partial charge in [-0.2, -0.15) is 0 Å². The zero-order valence-corrected chi connectivity index (χ0v) is 16.1. The van der Waals surface area contributed by atoms with Gasteiger partial charge in [-0.05, 0) is 56.2 Å². The molecular weight excluding hydrogens is 336 g/mol. The molecule has 1 saturated heterocycles. The van der Waals surface area contributed by atoms with E-state index in [1.54, 1.807) is 7.11 Å². The molecule has 0 amide bonds. The highest BCUT2D eigenvalue weighted by molar-refractivity contribution is 5.47. The smallest absolute Gasteiger partial charge is 0.166 e. The highest BCUT2D eigenvalue weighted by Gasteiger charge is 2.40. The summed E-state index contributed by atoms with van der Waals surface area (Å²) in [5.41, 5.74) is 3.98. The third kappa shape index (κ3) is 3.10. The van der Waals surface area contributed by atoms with E-state index >= 15 is 0 Å². The molecule has 0 spiro atoms. The van der Waals surface area contributed by atoms with E-state index in [2.05, 4.69) is 34.1 Å². The molecule has 2 bridgehead atoms. The minimum absolute atomic E-state index is 0.336. The van der Waals surface area contributed by atoms with Crippen LogP contribution in [0.25, 0.3) is 0 Å². The van der Waals surface area contributed by atoms with Crippen LogP contribution in [0.1, 0.15) is 61.4 Å². The third-order valence-corrected chi connectivity index (χ3v) is 6.58. The normalized spacial score (nSPS) is 24.8. The summed E-state index contributed by atoms with van der Waals surface area (Å²) in [5, 5.41) is 0. The second kappa shape index (κ2) is 7.16. The Morgan fingerprint density at radius 2 is 1.96 bits per heavy atom. The van der Waals surface area contributed by atoms with E-state index in [0.29, 0.717) is 18.2 Å². The van der Waals surface area contributed by atoms with Crippen LogP contribution in [0.15, 0.2) is 36.5 Å². The van der Waals surface area contributed by atoms with Crippen LogP contribution in [0.3, 0.4) is 0 Å². The number of nitrogens with zero attached hydrogens (tertiary/aromatic N) is 2. The molecule has 4 nitrogen and oxygen atoms in total. The van der Waals surface area contributed by atoms with E-state index in [-0.39, 0.29) is 0 Å². The summed E-state index contributed by atoms with van der Waals surface area (Å²) in [6.07, 6.45) is 10.7. The molecule has 142 valence electrons. The molecule has 2 fully saturated rings. The summed E-state index contributed by atoms with van der Waals surface area (Å²) in [7, 11) is 1.74. The Hall–Kier alpha value is -2.07. The molecule has 5 rings (SSSR count). The van der Waals surface area contributed by atoms with Gasteiger partial charge in [0.2, 0.25) is 0 Å². The maximum absolute atomic E-state index is 6.47. The van der Waals surface area contributed by atoms with Crippen molar-refractivity contribution in [2.75, 3.05) is 7.11 Å². The van der Waals surface area contributed by atoms with Gasteiger partial charge in [0.1, 0.15) is 0 Å². The van der Waals surface area contributed by atoms with E-state index in [9.17, 15) is 0 Å². The monoisotopic (exact) mass is 364 g/mol. The van der Waals surface area contributed by atoms with Gasteiger partial charge in [-0.25, -0.2) is 0 Å². The number of hydrogen-bond donors (Lipinski definition) is 0. The second-order valence-electron chi connectivity index (χ2n) is 8.14. The van der Waals surface area contributed by atoms with Crippen LogP contribution in [-0.2, 0) is 13.0 Å². The lowest BCUT2D eigenvalue weighted by molar-refractivity contribution is 0.157. The van der Waals surface area contributed by atoms with Gasteiger partial charge in [0.25, 0.3) is 0 Å². The van der Waals surface area contributed by atoms with Crippen molar-refractivity contribution < 1.29 is 9.47 Å². The molecule has 1 aromatic carbocycles. The molecule has 4 heteroatoms. The first-order valence-electron chi connectivity index (χ1n) is 10.4. The van der Waals surface area contributed by atoms with E-state index in [1.165, 1.54) is 42.5 Å². The number of benzene rings is 1. The topological polar surface area (TPSA) is 34.6 Å². The molecule has 1 saturated carbocycles. The van der Waals surface area contributed by atoms with Crippen molar-refractivity contribution in [2.45, 2.75) is 69.7 Å². The molecule has 0 radical (unpaired) electrons. The SMILES string of the molecule is COc1cccc(CN2C3CCC2c2cccnc2C3)c1OC1CCCC1. The molecule has 2 aliphatic heterocycles. The first-order valence-corrected chi connectivity index (χ1v) is 10.4. The molecule has 0 N–H and O–H groups in total. The van der Waals surface area contributed by atoms with Crippen LogP contribution in [-0.4, -0.2) is 29.1 Å². The van der Waals surface area contributed by atoms with Crippen molar-refractivity contribution in [1.82, 2.24) is 9.88 Å². The van der Waals surface area contributed by atoms with Gasteiger partial charge in [-0.15, -0.1) is 0 Å². The second-order valence-corrected chi connectivity index (χ2v) is 8.14. The zero-order valence-electron chi connectivity index (χ0n) is 16.1. The van der Waals surface area contributed by atoms with Crippen molar-refractivity contribution in [2.24, 2.45) is 0 Å². The van der Waals surface area contributed by atoms with Gasteiger partial charge in [0.05, 0.1) is 13.2 Å². The molecule has 2 aromatic rings. The molecule has 27 heavy (non-hydrogen) atoms. The van der Waals surface area contributed by atoms with E-state index in [1.807, 2.05) is 12.3 Å². The summed E-state index contributed by atoms with van der Waals surface area (Å²) in [5.74, 6) is 1.83. The fourth-order valence-electron chi connectivity index (χ4n) is 5.23. The summed E-state index contributed by atoms with van der Waals surface area (Å²) in [6, 6.07) is 11.7. The first-order chi connectivity index (χ1) is 13.3. The van der Waals surface area contributed by atoms with Crippen LogP contribution < -0.4 is 9.47 Å². The van der Waals surface area contributed by atoms with Crippen molar-refractivity contribution in [3.05, 3.63) is 53.3 Å². The number of fused-ring (bicyclic) bond motifs is 4. The molecular formula is C23H28N2O2. The number of ether oxygens (including phenoxy) is 2. The van der Waals surface area contributed by atoms with Crippen molar-refractivity contribution in [3.8, 4) is 11.5 Å². The largest absolute Gasteiger partial charge is 0.493 e. The van der Waals surface area contributed by atoms with Gasteiger partial charge in [-0.1, -0.05) is 18.2 Å². The number of para-hydroxylation sites is 1. The summed E-state index contributed by atoms with van der Waals surface area (Å²) >= 11 is 0. The Bertz CT molecular complexity index is 816. The number of hydrogen-bond acceptors (Lipinski definition) is 4. The minimum Gasteiger partial charge on any atom is -0.493 e. The molecule has 2 atom stereocenters. The lowest BCUT2D eigenvalue weighted by Gasteiger charge is -2.36. The average Bonchev–Trinajstić information content (AvgIpc) is 3.30. The Morgan fingerprint density at radius 1 is 1.07 bits per heavy atom. The zero-order chi connectivity index (χ0) is 18.2. The molecule has 3 heterocycles. The fourth-order valence-corrected chi connectivity index (χ4v) is 5.23. The standard InChI is InChI=1S/C23H28N2O2/c1-26-22-10-4-6-16(23(22)27-18-7-2-3-8-18)15-25-17-11-12-21(25)19-9-5-13-24-20(19)14-17/h4-6,9-10,13,17-18,21H,2-3,7-8,11-12,14-15H2,1H3. The van der Waals surface area contributed by atoms with Gasteiger partial charge in [-0.3, -0.25) is 9.88 Å². The molecule has 1 aromatic heterocycles. The first kappa shape index (κ1) is 17.1. The van der Waals surface area contributed by atoms with E-state index in [0.717, 1.165) is 37.3 Å². The van der Waals surface area contributed by atoms with Crippen LogP contribution >= 0.6 is 0 Å². The van der Waals surface area contributed by atoms with Crippen LogP contribution in [0.4, 0.5) is 0 Å². The maximum atomic E-state index is 6.47. The quantitative estimate of drug-likeness (QED) is 0.772. The van der Waals surface area contributed by atoms with Gasteiger partial charge >= 0.3 is 0 Å². The Balaban J connectivity index is 1.44. The van der Waals surface area contributed by atoms with Gasteiger partial charge in [0, 0.05) is 42.5 Å². The van der Waals surface area contributed by atoms with E-state index in [4.69, 9.17) is 9.47 Å². The predicted molar refractivity (Wildman–Crippen MR) is 105 cm³/mol. The molecule has 2 unspecified atom stereocenters. The average molecular weight is 364 g/mol. The summed E-state index contributed by atoms with van der Waals surface area (Å²) in [4.78, 5) is 7.31. The minimum atomic E-state index is 0.336. The third-order valence-electron chi connectivity index (χ3n) is 6.58. The Morgan fingerprint density at radius 3 is 2.81 bits per heavy atom. The van der Waals surface area contributed by atoms with Crippen molar-refractivity contribution in [1.29, 1.82) is 0 Å². The maximum Gasteiger partial charge on any atom is 0.166 e. The molecule has 3 aliphatic rings. The Labute approximate surface area is 161 Å². The number of methoxy groups -OCH3 is 1. The van der Waals surface area contributed by atoms with Gasteiger partial charge in [0.15, 0.2) is 11.5 Å². The summed E-state index contributed by atoms with van der Waals surface area (Å²) < 4.78 is 12.1. The number of aromatic nitrogens is 1. The highest BCUT2D eigenvalue weighted by atomic mass is 16.5. The van der Waals surface area contributed by atoms with Crippen LogP contribution in [0.2, 0.25) is 0 Å². The Kier molecular flexibility index (Phi) is 4.52. The molecule has 1 aliphatic carbocycles. The highest BCUT2D eigenvalue weighted by Crippen LogP contribution is 2.45. The predicted octanol–water partition coefficient (Wildman–Crippen LogP) is 4.67. The van der Waals surface area contributed by atoms with E-state index < -0.39 is 0 Å². The lowest BCUT2D eigenvalue weighted by Crippen LogP contribution is -2.37. The number of pyridine rings is 1. The summed E-state index contributed by atoms with van der Waals surface area (Å²) in [6.45, 7) is 0.920. The fraction of sp³-hybridized carbons (Fsp3) is 0.522. The van der Waals surface area contributed by atoms with Gasteiger partial charge < -0.3 is 9.47 Å². The number of rotatable bonds is 5. The van der Waals surface area contributed by atoms with Crippen molar-refractivity contribution >= 4 is 0 Å². The van der Waals surface area contributed by atoms with Crippen molar-refractivity contribution in [3.63, 3.8) is 0 Å². The van der Waals surface area contributed by atoms with Crippen LogP contribution in [0, 0.1) is 0 Å². The van der Waals surface area contributed by atoms with Crippen LogP contribution in [0.5, 0.6) is 11.5 Å².